The van der Waals surface area contributed by atoms with Gasteiger partial charge < -0.3 is 19.4 Å². The zero-order chi connectivity index (χ0) is 23.8. The maximum absolute atomic E-state index is 12.7. The van der Waals surface area contributed by atoms with Crippen LogP contribution in [-0.2, 0) is 19.6 Å². The van der Waals surface area contributed by atoms with Crippen LogP contribution in [0.4, 0.5) is 0 Å². The topological polar surface area (TPSA) is 65.4 Å². The van der Waals surface area contributed by atoms with Crippen molar-refractivity contribution in [2.75, 3.05) is 13.7 Å². The average molecular weight is 476 g/mol. The molecule has 1 N–H and O–H groups in total. The van der Waals surface area contributed by atoms with Crippen molar-refractivity contribution in [3.63, 3.8) is 0 Å². The lowest BCUT2D eigenvalue weighted by Crippen LogP contribution is -2.26. The Kier molecular flexibility index (Phi) is 7.83. The third-order valence-electron chi connectivity index (χ3n) is 5.37. The summed E-state index contributed by atoms with van der Waals surface area (Å²) >= 11 is 5.93. The number of nitrogens with zero attached hydrogens (tertiary/aromatic N) is 2. The summed E-state index contributed by atoms with van der Waals surface area (Å²) in [6, 6.07) is 22.8. The first kappa shape index (κ1) is 23.4. The number of aromatic nitrogens is 2. The van der Waals surface area contributed by atoms with Crippen LogP contribution in [0.15, 0.2) is 85.2 Å². The van der Waals surface area contributed by atoms with Gasteiger partial charge in [0.15, 0.2) is 11.5 Å². The zero-order valence-electron chi connectivity index (χ0n) is 18.9. The van der Waals surface area contributed by atoms with Crippen LogP contribution in [0.3, 0.4) is 0 Å². The highest BCUT2D eigenvalue weighted by Crippen LogP contribution is 2.29. The number of carbonyl (C=O) groups excluding carboxylic acids is 1. The summed E-state index contributed by atoms with van der Waals surface area (Å²) < 4.78 is 13.4. The monoisotopic (exact) mass is 475 g/mol. The number of imidazole rings is 1. The number of carbonyl (C=O) groups is 1. The van der Waals surface area contributed by atoms with Crippen LogP contribution >= 0.6 is 11.6 Å². The SMILES string of the molecule is COc1cc(C(=O)NCCc2nccn2Cc2ccccc2)ccc1OCc1ccc(Cl)cc1. The highest BCUT2D eigenvalue weighted by Gasteiger charge is 2.12. The summed E-state index contributed by atoms with van der Waals surface area (Å²) in [7, 11) is 1.55. The molecule has 7 heteroatoms. The Morgan fingerprint density at radius 3 is 2.56 bits per heavy atom. The average Bonchev–Trinajstić information content (AvgIpc) is 3.30. The highest BCUT2D eigenvalue weighted by molar-refractivity contribution is 6.30. The fraction of sp³-hybridized carbons (Fsp3) is 0.185. The predicted molar refractivity (Wildman–Crippen MR) is 133 cm³/mol. The summed E-state index contributed by atoms with van der Waals surface area (Å²) in [5, 5.41) is 3.64. The fourth-order valence-electron chi connectivity index (χ4n) is 3.55. The molecule has 4 aromatic rings. The largest absolute Gasteiger partial charge is 0.493 e. The Morgan fingerprint density at radius 1 is 1.00 bits per heavy atom. The van der Waals surface area contributed by atoms with Crippen molar-refractivity contribution in [3.05, 3.63) is 113 Å². The molecule has 6 nitrogen and oxygen atoms in total. The minimum Gasteiger partial charge on any atom is -0.493 e. The standard InChI is InChI=1S/C27H26ClN3O3/c1-33-25-17-22(9-12-24(25)34-19-21-7-10-23(28)11-8-21)27(32)30-14-13-26-29-15-16-31(26)18-20-5-3-2-4-6-20/h2-12,15-17H,13-14,18-19H2,1H3,(H,30,32). The van der Waals surface area contributed by atoms with Crippen LogP contribution in [0.5, 0.6) is 11.5 Å². The number of nitrogens with one attached hydrogen (secondary N) is 1. The van der Waals surface area contributed by atoms with Crippen molar-refractivity contribution in [1.29, 1.82) is 0 Å². The lowest BCUT2D eigenvalue weighted by atomic mass is 10.2. The molecule has 0 aliphatic carbocycles. The first-order valence-electron chi connectivity index (χ1n) is 11.0. The maximum atomic E-state index is 12.7. The number of halogens is 1. The second-order valence-electron chi connectivity index (χ2n) is 7.74. The first-order chi connectivity index (χ1) is 16.6. The molecule has 0 atom stereocenters. The van der Waals surface area contributed by atoms with Crippen molar-refractivity contribution < 1.29 is 14.3 Å². The van der Waals surface area contributed by atoms with E-state index < -0.39 is 0 Å². The van der Waals surface area contributed by atoms with Crippen LogP contribution in [0.1, 0.15) is 27.3 Å². The maximum Gasteiger partial charge on any atom is 0.251 e. The van der Waals surface area contributed by atoms with Crippen molar-refractivity contribution >= 4 is 17.5 Å². The van der Waals surface area contributed by atoms with Gasteiger partial charge in [-0.2, -0.15) is 0 Å². The van der Waals surface area contributed by atoms with Crippen LogP contribution < -0.4 is 14.8 Å². The molecule has 4 rings (SSSR count). The normalized spacial score (nSPS) is 10.6. The molecule has 0 saturated carbocycles. The quantitative estimate of drug-likeness (QED) is 0.344. The molecule has 0 aliphatic heterocycles. The molecule has 0 aliphatic rings. The number of rotatable bonds is 10. The van der Waals surface area contributed by atoms with Crippen LogP contribution in [0, 0.1) is 0 Å². The van der Waals surface area contributed by atoms with Gasteiger partial charge in [0.25, 0.3) is 5.91 Å². The van der Waals surface area contributed by atoms with Gasteiger partial charge in [-0.1, -0.05) is 54.1 Å². The predicted octanol–water partition coefficient (Wildman–Crippen LogP) is 5.14. The van der Waals surface area contributed by atoms with Gasteiger partial charge in [-0.25, -0.2) is 4.98 Å². The molecule has 0 radical (unpaired) electrons. The summed E-state index contributed by atoms with van der Waals surface area (Å²) in [5.41, 5.74) is 2.69. The molecular weight excluding hydrogens is 450 g/mol. The Balaban J connectivity index is 1.32. The molecule has 1 amide bonds. The van der Waals surface area contributed by atoms with Crippen LogP contribution in [0.25, 0.3) is 0 Å². The Bertz CT molecular complexity index is 1220. The van der Waals surface area contributed by atoms with Crippen LogP contribution in [0.2, 0.25) is 5.02 Å². The molecule has 1 heterocycles. The van der Waals surface area contributed by atoms with E-state index in [1.54, 1.807) is 31.5 Å². The van der Waals surface area contributed by atoms with Gasteiger partial charge in [0.1, 0.15) is 12.4 Å². The number of methoxy groups -OCH3 is 1. The molecule has 0 fully saturated rings. The third kappa shape index (κ3) is 6.17. The summed E-state index contributed by atoms with van der Waals surface area (Å²) in [5.74, 6) is 1.81. The van der Waals surface area contributed by atoms with E-state index in [0.717, 1.165) is 17.9 Å². The van der Waals surface area contributed by atoms with Gasteiger partial charge in [-0.3, -0.25) is 4.79 Å². The second kappa shape index (κ2) is 11.4. The third-order valence-corrected chi connectivity index (χ3v) is 5.62. The number of hydrogen-bond donors (Lipinski definition) is 1. The van der Waals surface area contributed by atoms with E-state index >= 15 is 0 Å². The van der Waals surface area contributed by atoms with Gasteiger partial charge in [-0.05, 0) is 41.5 Å². The molecule has 0 bridgehead atoms. The first-order valence-corrected chi connectivity index (χ1v) is 11.4. The fourth-order valence-corrected chi connectivity index (χ4v) is 3.68. The molecule has 34 heavy (non-hydrogen) atoms. The Hall–Kier alpha value is -3.77. The van der Waals surface area contributed by atoms with Crippen molar-refractivity contribution in [3.8, 4) is 11.5 Å². The van der Waals surface area contributed by atoms with Crippen LogP contribution in [-0.4, -0.2) is 29.1 Å². The van der Waals surface area contributed by atoms with E-state index in [1.165, 1.54) is 5.56 Å². The Labute approximate surface area is 204 Å². The van der Waals surface area contributed by atoms with Gasteiger partial charge in [0.05, 0.1) is 7.11 Å². The number of hydrogen-bond acceptors (Lipinski definition) is 4. The molecule has 0 spiro atoms. The van der Waals surface area contributed by atoms with E-state index in [2.05, 4.69) is 27.0 Å². The number of amides is 1. The lowest BCUT2D eigenvalue weighted by molar-refractivity contribution is 0.0953. The molecule has 174 valence electrons. The minimum atomic E-state index is -0.177. The van der Waals surface area contributed by atoms with Gasteiger partial charge >= 0.3 is 0 Å². The molecular formula is C27H26ClN3O3. The smallest absolute Gasteiger partial charge is 0.251 e. The summed E-state index contributed by atoms with van der Waals surface area (Å²) in [4.78, 5) is 17.1. The molecule has 0 saturated heterocycles. The highest BCUT2D eigenvalue weighted by atomic mass is 35.5. The van der Waals surface area contributed by atoms with Gasteiger partial charge in [-0.15, -0.1) is 0 Å². The Morgan fingerprint density at radius 2 is 1.79 bits per heavy atom. The lowest BCUT2D eigenvalue weighted by Gasteiger charge is -2.13. The molecule has 0 unspecified atom stereocenters. The van der Waals surface area contributed by atoms with Crippen molar-refractivity contribution in [1.82, 2.24) is 14.9 Å². The van der Waals surface area contributed by atoms with E-state index in [1.807, 2.05) is 48.7 Å². The number of ether oxygens (including phenoxy) is 2. The summed E-state index contributed by atoms with van der Waals surface area (Å²) in [6.45, 7) is 1.59. The second-order valence-corrected chi connectivity index (χ2v) is 8.18. The van der Waals surface area contributed by atoms with E-state index in [0.29, 0.717) is 41.7 Å². The van der Waals surface area contributed by atoms with E-state index in [9.17, 15) is 4.79 Å². The van der Waals surface area contributed by atoms with Gasteiger partial charge in [0.2, 0.25) is 0 Å². The molecule has 1 aromatic heterocycles. The number of benzene rings is 3. The van der Waals surface area contributed by atoms with E-state index in [-0.39, 0.29) is 5.91 Å². The van der Waals surface area contributed by atoms with Crippen molar-refractivity contribution in [2.24, 2.45) is 0 Å². The van der Waals surface area contributed by atoms with Crippen molar-refractivity contribution in [2.45, 2.75) is 19.6 Å². The zero-order valence-corrected chi connectivity index (χ0v) is 19.7. The van der Waals surface area contributed by atoms with Gasteiger partial charge in [0, 0.05) is 42.5 Å². The minimum absolute atomic E-state index is 0.177. The molecule has 3 aromatic carbocycles. The van der Waals surface area contributed by atoms with E-state index in [4.69, 9.17) is 21.1 Å². The summed E-state index contributed by atoms with van der Waals surface area (Å²) in [6.07, 6.45) is 4.37.